The molecule has 0 saturated carbocycles. The summed E-state index contributed by atoms with van der Waals surface area (Å²) in [5.41, 5.74) is -0.907. The fraction of sp³-hybridized carbons (Fsp3) is 0.429. The number of benzene rings is 1. The minimum atomic E-state index is -0.977. The Kier molecular flexibility index (Phi) is 7.21. The molecule has 7 heteroatoms. The van der Waals surface area contributed by atoms with Crippen molar-refractivity contribution in [1.29, 1.82) is 0 Å². The maximum absolute atomic E-state index is 12.0. The summed E-state index contributed by atoms with van der Waals surface area (Å²) in [5, 5.41) is 11.6. The molecule has 1 amide bonds. The Morgan fingerprint density at radius 1 is 1.48 bits per heavy atom. The molecule has 0 aliphatic rings. The molecular formula is C14H18BrNO4S. The molecule has 2 N–H and O–H groups in total. The van der Waals surface area contributed by atoms with Crippen LogP contribution in [-0.4, -0.2) is 42.0 Å². The van der Waals surface area contributed by atoms with Gasteiger partial charge in [-0.25, -0.2) is 0 Å². The predicted molar refractivity (Wildman–Crippen MR) is 85.5 cm³/mol. The molecule has 1 atom stereocenters. The van der Waals surface area contributed by atoms with Crippen molar-refractivity contribution >= 4 is 39.6 Å². The first-order valence-electron chi connectivity index (χ1n) is 6.25. The summed E-state index contributed by atoms with van der Waals surface area (Å²) in [6.45, 7) is 1.80. The van der Waals surface area contributed by atoms with E-state index in [0.29, 0.717) is 0 Å². The number of halogens is 1. The number of thioether (sulfide) groups is 1. The van der Waals surface area contributed by atoms with Gasteiger partial charge in [-0.2, -0.15) is 0 Å². The third-order valence-electron chi connectivity index (χ3n) is 2.61. The molecule has 5 nitrogen and oxygen atoms in total. The van der Waals surface area contributed by atoms with Gasteiger partial charge in [-0.1, -0.05) is 22.0 Å². The number of ether oxygens (including phenoxy) is 1. The lowest BCUT2D eigenvalue weighted by atomic mass is 9.99. The second-order valence-corrected chi connectivity index (χ2v) is 6.82. The van der Waals surface area contributed by atoms with Crippen LogP contribution in [0.2, 0.25) is 0 Å². The number of carbonyl (C=O) groups is 2. The molecule has 0 spiro atoms. The first-order valence-corrected chi connectivity index (χ1v) is 8.02. The van der Waals surface area contributed by atoms with E-state index in [0.717, 1.165) is 9.37 Å². The Bertz CT molecular complexity index is 512. The van der Waals surface area contributed by atoms with Crippen LogP contribution in [-0.2, 0) is 14.3 Å². The van der Waals surface area contributed by atoms with E-state index in [1.54, 1.807) is 6.92 Å². The topological polar surface area (TPSA) is 75.6 Å². The number of nitrogens with one attached hydrogen (secondary N) is 1. The lowest BCUT2D eigenvalue weighted by Gasteiger charge is -2.28. The van der Waals surface area contributed by atoms with Crippen LogP contribution in [0.5, 0.6) is 0 Å². The summed E-state index contributed by atoms with van der Waals surface area (Å²) in [6, 6.07) is 7.63. The Morgan fingerprint density at radius 2 is 2.19 bits per heavy atom. The number of carboxylic acids is 1. The fourth-order valence-corrected chi connectivity index (χ4v) is 3.17. The van der Waals surface area contributed by atoms with Gasteiger partial charge in [-0.15, -0.1) is 11.8 Å². The quantitative estimate of drug-likeness (QED) is 0.682. The number of aliphatic carboxylic acids is 1. The first kappa shape index (κ1) is 18.0. The molecule has 0 radical (unpaired) electrons. The Hall–Kier alpha value is -1.05. The van der Waals surface area contributed by atoms with Gasteiger partial charge in [0.25, 0.3) is 0 Å². The summed E-state index contributed by atoms with van der Waals surface area (Å²) in [5.74, 6) is -0.981. The molecule has 0 heterocycles. The molecule has 0 bridgehead atoms. The average Bonchev–Trinajstić information content (AvgIpc) is 2.35. The van der Waals surface area contributed by atoms with Crippen molar-refractivity contribution in [1.82, 2.24) is 5.32 Å². The van der Waals surface area contributed by atoms with Crippen molar-refractivity contribution in [3.05, 3.63) is 28.7 Å². The molecule has 0 fully saturated rings. The Balaban J connectivity index is 2.56. The third-order valence-corrected chi connectivity index (χ3v) is 4.10. The average molecular weight is 376 g/mol. The maximum atomic E-state index is 12.0. The fourth-order valence-electron chi connectivity index (χ4n) is 1.86. The van der Waals surface area contributed by atoms with Crippen LogP contribution < -0.4 is 5.32 Å². The maximum Gasteiger partial charge on any atom is 0.305 e. The van der Waals surface area contributed by atoms with Crippen LogP contribution in [0.15, 0.2) is 33.6 Å². The number of rotatable bonds is 8. The molecule has 1 rings (SSSR count). The van der Waals surface area contributed by atoms with Crippen molar-refractivity contribution < 1.29 is 19.4 Å². The molecule has 0 saturated heterocycles. The molecular weight excluding hydrogens is 358 g/mol. The molecule has 1 aromatic carbocycles. The number of hydrogen-bond donors (Lipinski definition) is 2. The van der Waals surface area contributed by atoms with E-state index in [2.05, 4.69) is 21.2 Å². The first-order chi connectivity index (χ1) is 9.84. The number of methoxy groups -OCH3 is 1. The number of hydrogen-bond acceptors (Lipinski definition) is 4. The van der Waals surface area contributed by atoms with Crippen molar-refractivity contribution in [2.24, 2.45) is 0 Å². The molecule has 116 valence electrons. The van der Waals surface area contributed by atoms with Crippen molar-refractivity contribution in [3.8, 4) is 0 Å². The molecule has 0 aliphatic heterocycles. The van der Waals surface area contributed by atoms with Crippen LogP contribution in [0.4, 0.5) is 0 Å². The largest absolute Gasteiger partial charge is 0.481 e. The minimum absolute atomic E-state index is 0.145. The zero-order valence-electron chi connectivity index (χ0n) is 11.9. The van der Waals surface area contributed by atoms with Gasteiger partial charge in [0, 0.05) is 16.5 Å². The summed E-state index contributed by atoms with van der Waals surface area (Å²) >= 11 is 4.76. The molecule has 0 aliphatic carbocycles. The Labute approximate surface area is 136 Å². The van der Waals surface area contributed by atoms with Crippen LogP contribution in [0, 0.1) is 0 Å². The van der Waals surface area contributed by atoms with Gasteiger partial charge in [0.15, 0.2) is 0 Å². The van der Waals surface area contributed by atoms with Crippen LogP contribution in [0.3, 0.4) is 0 Å². The lowest BCUT2D eigenvalue weighted by Crippen LogP contribution is -2.51. The van der Waals surface area contributed by atoms with E-state index in [1.807, 2.05) is 24.3 Å². The summed E-state index contributed by atoms with van der Waals surface area (Å²) in [6.07, 6.45) is -0.186. The minimum Gasteiger partial charge on any atom is -0.481 e. The summed E-state index contributed by atoms with van der Waals surface area (Å²) in [4.78, 5) is 23.8. The van der Waals surface area contributed by atoms with Crippen LogP contribution in [0.25, 0.3) is 0 Å². The highest BCUT2D eigenvalue weighted by atomic mass is 79.9. The van der Waals surface area contributed by atoms with Gasteiger partial charge in [-0.3, -0.25) is 9.59 Å². The van der Waals surface area contributed by atoms with Gasteiger partial charge >= 0.3 is 5.97 Å². The van der Waals surface area contributed by atoms with Gasteiger partial charge in [0.05, 0.1) is 24.3 Å². The van der Waals surface area contributed by atoms with E-state index < -0.39 is 11.5 Å². The van der Waals surface area contributed by atoms with Gasteiger partial charge < -0.3 is 15.2 Å². The van der Waals surface area contributed by atoms with Crippen molar-refractivity contribution in [2.75, 3.05) is 19.5 Å². The van der Waals surface area contributed by atoms with E-state index in [4.69, 9.17) is 9.84 Å². The molecule has 0 aromatic heterocycles. The highest BCUT2D eigenvalue weighted by molar-refractivity contribution is 9.10. The zero-order valence-corrected chi connectivity index (χ0v) is 14.3. The number of carbonyl (C=O) groups excluding carboxylic acids is 1. The second-order valence-electron chi connectivity index (χ2n) is 4.86. The van der Waals surface area contributed by atoms with E-state index >= 15 is 0 Å². The number of carboxylic acid groups (broad SMARTS) is 1. The SMILES string of the molecule is COCC(C)(CC(=O)O)NC(=O)CSc1cccc(Br)c1. The van der Waals surface area contributed by atoms with E-state index in [-0.39, 0.29) is 24.7 Å². The lowest BCUT2D eigenvalue weighted by molar-refractivity contribution is -0.139. The number of amides is 1. The molecule has 1 aromatic rings. The smallest absolute Gasteiger partial charge is 0.305 e. The highest BCUT2D eigenvalue weighted by Gasteiger charge is 2.29. The van der Waals surface area contributed by atoms with Gasteiger partial charge in [0.2, 0.25) is 5.91 Å². The van der Waals surface area contributed by atoms with E-state index in [1.165, 1.54) is 18.9 Å². The normalized spacial score (nSPS) is 13.5. The Morgan fingerprint density at radius 3 is 2.76 bits per heavy atom. The van der Waals surface area contributed by atoms with Crippen molar-refractivity contribution in [2.45, 2.75) is 23.8 Å². The third kappa shape index (κ3) is 6.97. The standard InChI is InChI=1S/C14H18BrNO4S/c1-14(9-20-2,7-13(18)19)16-12(17)8-21-11-5-3-4-10(15)6-11/h3-6H,7-9H2,1-2H3,(H,16,17)(H,18,19). The molecule has 21 heavy (non-hydrogen) atoms. The molecule has 1 unspecified atom stereocenters. The van der Waals surface area contributed by atoms with Gasteiger partial charge in [-0.05, 0) is 25.1 Å². The van der Waals surface area contributed by atoms with Gasteiger partial charge in [0.1, 0.15) is 0 Å². The predicted octanol–water partition coefficient (Wildman–Crippen LogP) is 2.54. The van der Waals surface area contributed by atoms with Crippen molar-refractivity contribution in [3.63, 3.8) is 0 Å². The highest BCUT2D eigenvalue weighted by Crippen LogP contribution is 2.22. The summed E-state index contributed by atoms with van der Waals surface area (Å²) < 4.78 is 5.94. The van der Waals surface area contributed by atoms with Crippen LogP contribution in [0.1, 0.15) is 13.3 Å². The van der Waals surface area contributed by atoms with E-state index in [9.17, 15) is 9.59 Å². The van der Waals surface area contributed by atoms with Crippen LogP contribution >= 0.6 is 27.7 Å². The monoisotopic (exact) mass is 375 g/mol. The second kappa shape index (κ2) is 8.41. The summed E-state index contributed by atoms with van der Waals surface area (Å²) in [7, 11) is 1.47. The zero-order chi connectivity index (χ0) is 15.9.